The van der Waals surface area contributed by atoms with Crippen molar-refractivity contribution in [3.05, 3.63) is 58.3 Å². The van der Waals surface area contributed by atoms with Crippen LogP contribution in [0.3, 0.4) is 0 Å². The van der Waals surface area contributed by atoms with E-state index in [1.807, 2.05) is 11.0 Å². The summed E-state index contributed by atoms with van der Waals surface area (Å²) in [6, 6.07) is 14.7. The Kier molecular flexibility index (Phi) is 9.77. The van der Waals surface area contributed by atoms with Crippen LogP contribution < -0.4 is 10.6 Å². The number of thiophene rings is 1. The van der Waals surface area contributed by atoms with Gasteiger partial charge in [-0.15, -0.1) is 35.3 Å². The Bertz CT molecular complexity index is 728. The highest BCUT2D eigenvalue weighted by Gasteiger charge is 2.22. The lowest BCUT2D eigenvalue weighted by molar-refractivity contribution is -0.131. The maximum Gasteiger partial charge on any atom is 0.241 e. The van der Waals surface area contributed by atoms with Gasteiger partial charge in [-0.1, -0.05) is 36.4 Å². The summed E-state index contributed by atoms with van der Waals surface area (Å²) >= 11 is 1.70. The van der Waals surface area contributed by atoms with Crippen LogP contribution in [0.4, 0.5) is 0 Å². The van der Waals surface area contributed by atoms with Crippen LogP contribution >= 0.6 is 35.3 Å². The zero-order valence-electron chi connectivity index (χ0n) is 16.3. The molecule has 0 radical (unpaired) electrons. The number of hydrogen-bond donors (Lipinski definition) is 2. The van der Waals surface area contributed by atoms with Crippen molar-refractivity contribution in [1.82, 2.24) is 15.5 Å². The number of likely N-dealkylation sites (tertiary alicyclic amines) is 1. The lowest BCUT2D eigenvalue weighted by Gasteiger charge is -2.32. The van der Waals surface area contributed by atoms with Gasteiger partial charge in [-0.3, -0.25) is 9.79 Å². The predicted molar refractivity (Wildman–Crippen MR) is 127 cm³/mol. The summed E-state index contributed by atoms with van der Waals surface area (Å²) in [7, 11) is 1.73. The van der Waals surface area contributed by atoms with Crippen LogP contribution in [0.5, 0.6) is 0 Å². The number of nitrogens with zero attached hydrogens (tertiary/aromatic N) is 2. The molecule has 1 aromatic heterocycles. The highest BCUT2D eigenvalue weighted by Crippen LogP contribution is 2.21. The summed E-state index contributed by atoms with van der Waals surface area (Å²) in [5.74, 6) is 1.48. The van der Waals surface area contributed by atoms with Crippen LogP contribution in [0.2, 0.25) is 0 Å². The van der Waals surface area contributed by atoms with E-state index in [-0.39, 0.29) is 36.4 Å². The molecular formula is C21H29IN4OS. The minimum absolute atomic E-state index is 0. The third-order valence-corrected chi connectivity index (χ3v) is 5.85. The van der Waals surface area contributed by atoms with Gasteiger partial charge in [0.15, 0.2) is 5.96 Å². The van der Waals surface area contributed by atoms with E-state index in [0.717, 1.165) is 38.9 Å². The maximum absolute atomic E-state index is 12.5. The van der Waals surface area contributed by atoms with Crippen LogP contribution in [0.25, 0.3) is 0 Å². The molecule has 2 heterocycles. The molecule has 1 amide bonds. The summed E-state index contributed by atoms with van der Waals surface area (Å²) in [6.07, 6.45) is 3.26. The highest BCUT2D eigenvalue weighted by atomic mass is 127. The van der Waals surface area contributed by atoms with Gasteiger partial charge in [0, 0.05) is 25.0 Å². The van der Waals surface area contributed by atoms with Crippen LogP contribution in [-0.2, 0) is 17.8 Å². The van der Waals surface area contributed by atoms with E-state index in [4.69, 9.17) is 0 Å². The van der Waals surface area contributed by atoms with E-state index in [9.17, 15) is 4.79 Å². The number of amides is 1. The first-order valence-corrected chi connectivity index (χ1v) is 10.4. The SMILES string of the molecule is CN=C(NCC(=O)N1CCC(Cc2ccccc2)CC1)NCc1cccs1.I. The maximum atomic E-state index is 12.5. The fraction of sp³-hybridized carbons (Fsp3) is 0.429. The second-order valence-corrected chi connectivity index (χ2v) is 7.90. The number of rotatable bonds is 6. The minimum atomic E-state index is 0. The van der Waals surface area contributed by atoms with Crippen LogP contribution in [0, 0.1) is 5.92 Å². The van der Waals surface area contributed by atoms with Crippen LogP contribution in [0.1, 0.15) is 23.3 Å². The lowest BCUT2D eigenvalue weighted by atomic mass is 9.90. The Morgan fingerprint density at radius 1 is 1.14 bits per heavy atom. The third kappa shape index (κ3) is 7.09. The summed E-state index contributed by atoms with van der Waals surface area (Å²) in [5, 5.41) is 8.43. The molecule has 7 heteroatoms. The lowest BCUT2D eigenvalue weighted by Crippen LogP contribution is -2.46. The second kappa shape index (κ2) is 12.1. The van der Waals surface area contributed by atoms with E-state index in [1.165, 1.54) is 10.4 Å². The number of hydrogen-bond acceptors (Lipinski definition) is 3. The van der Waals surface area contributed by atoms with Crippen molar-refractivity contribution in [1.29, 1.82) is 0 Å². The molecule has 0 saturated carbocycles. The van der Waals surface area contributed by atoms with Crippen molar-refractivity contribution in [3.8, 4) is 0 Å². The normalized spacial score (nSPS) is 15.0. The van der Waals surface area contributed by atoms with Gasteiger partial charge in [0.2, 0.25) is 5.91 Å². The number of guanidine groups is 1. The molecule has 0 bridgehead atoms. The molecule has 0 spiro atoms. The second-order valence-electron chi connectivity index (χ2n) is 6.87. The predicted octanol–water partition coefficient (Wildman–Crippen LogP) is 3.51. The van der Waals surface area contributed by atoms with Gasteiger partial charge in [0.05, 0.1) is 13.1 Å². The third-order valence-electron chi connectivity index (χ3n) is 4.98. The van der Waals surface area contributed by atoms with Gasteiger partial charge < -0.3 is 15.5 Å². The molecule has 0 aliphatic carbocycles. The number of nitrogens with one attached hydrogen (secondary N) is 2. The Labute approximate surface area is 188 Å². The molecule has 3 rings (SSSR count). The van der Waals surface area contributed by atoms with Gasteiger partial charge in [0.1, 0.15) is 0 Å². The standard InChI is InChI=1S/C21H28N4OS.HI/c1-22-21(23-15-19-8-5-13-27-19)24-16-20(26)25-11-9-18(10-12-25)14-17-6-3-2-4-7-17;/h2-8,13,18H,9-12,14-16H2,1H3,(H2,22,23,24);1H. The largest absolute Gasteiger partial charge is 0.352 e. The molecule has 5 nitrogen and oxygen atoms in total. The van der Waals surface area contributed by atoms with Gasteiger partial charge >= 0.3 is 0 Å². The number of carbonyl (C=O) groups excluding carboxylic acids is 1. The Balaban J connectivity index is 0.00000280. The number of carbonyl (C=O) groups is 1. The Morgan fingerprint density at radius 2 is 1.89 bits per heavy atom. The summed E-state index contributed by atoms with van der Waals surface area (Å²) in [4.78, 5) is 19.9. The number of aliphatic imine (C=N–C) groups is 1. The van der Waals surface area contributed by atoms with Crippen molar-refractivity contribution in [2.75, 3.05) is 26.7 Å². The first kappa shape index (κ1) is 22.7. The van der Waals surface area contributed by atoms with Crippen molar-refractivity contribution >= 4 is 47.2 Å². The van der Waals surface area contributed by atoms with Crippen molar-refractivity contribution < 1.29 is 4.79 Å². The average Bonchev–Trinajstić information content (AvgIpc) is 3.23. The molecule has 0 unspecified atom stereocenters. The Morgan fingerprint density at radius 3 is 2.54 bits per heavy atom. The first-order valence-electron chi connectivity index (χ1n) is 9.53. The van der Waals surface area contributed by atoms with E-state index in [0.29, 0.717) is 11.9 Å². The number of piperidine rings is 1. The molecule has 1 aromatic carbocycles. The first-order chi connectivity index (χ1) is 13.2. The highest BCUT2D eigenvalue weighted by molar-refractivity contribution is 14.0. The Hall–Kier alpha value is -1.61. The minimum Gasteiger partial charge on any atom is -0.352 e. The van der Waals surface area contributed by atoms with Gasteiger partial charge in [-0.25, -0.2) is 0 Å². The molecule has 2 N–H and O–H groups in total. The topological polar surface area (TPSA) is 56.7 Å². The van der Waals surface area contributed by atoms with Gasteiger partial charge in [-0.05, 0) is 42.2 Å². The van der Waals surface area contributed by atoms with Crippen molar-refractivity contribution in [2.24, 2.45) is 10.9 Å². The molecule has 152 valence electrons. The molecule has 1 aliphatic rings. The summed E-state index contributed by atoms with van der Waals surface area (Å²) < 4.78 is 0. The smallest absolute Gasteiger partial charge is 0.241 e. The molecule has 1 saturated heterocycles. The fourth-order valence-electron chi connectivity index (χ4n) is 3.41. The number of halogens is 1. The van der Waals surface area contributed by atoms with E-state index >= 15 is 0 Å². The van der Waals surface area contributed by atoms with E-state index < -0.39 is 0 Å². The van der Waals surface area contributed by atoms with Crippen molar-refractivity contribution in [2.45, 2.75) is 25.8 Å². The zero-order valence-corrected chi connectivity index (χ0v) is 19.4. The monoisotopic (exact) mass is 512 g/mol. The molecule has 1 aliphatic heterocycles. The molecular weight excluding hydrogens is 483 g/mol. The quantitative estimate of drug-likeness (QED) is 0.354. The zero-order chi connectivity index (χ0) is 18.9. The van der Waals surface area contributed by atoms with Crippen LogP contribution in [-0.4, -0.2) is 43.4 Å². The van der Waals surface area contributed by atoms with Gasteiger partial charge in [-0.2, -0.15) is 0 Å². The molecule has 2 aromatic rings. The van der Waals surface area contributed by atoms with Crippen LogP contribution in [0.15, 0.2) is 52.8 Å². The van der Waals surface area contributed by atoms with E-state index in [1.54, 1.807) is 18.4 Å². The van der Waals surface area contributed by atoms with Gasteiger partial charge in [0.25, 0.3) is 0 Å². The van der Waals surface area contributed by atoms with Crippen molar-refractivity contribution in [3.63, 3.8) is 0 Å². The fourth-order valence-corrected chi connectivity index (χ4v) is 4.05. The molecule has 28 heavy (non-hydrogen) atoms. The molecule has 1 fully saturated rings. The summed E-state index contributed by atoms with van der Waals surface area (Å²) in [6.45, 7) is 2.70. The molecule has 0 atom stereocenters. The average molecular weight is 512 g/mol. The summed E-state index contributed by atoms with van der Waals surface area (Å²) in [5.41, 5.74) is 1.39. The van der Waals surface area contributed by atoms with E-state index in [2.05, 4.69) is 57.4 Å². The number of benzene rings is 1.